The van der Waals surface area contributed by atoms with E-state index < -0.39 is 0 Å². The van der Waals surface area contributed by atoms with Gasteiger partial charge in [-0.3, -0.25) is 4.79 Å². The predicted octanol–water partition coefficient (Wildman–Crippen LogP) is 3.78. The van der Waals surface area contributed by atoms with Gasteiger partial charge in [0, 0.05) is 62.1 Å². The summed E-state index contributed by atoms with van der Waals surface area (Å²) in [6.45, 7) is 2.87. The summed E-state index contributed by atoms with van der Waals surface area (Å²) in [5.41, 5.74) is 3.17. The third kappa shape index (κ3) is 3.07. The Kier molecular flexibility index (Phi) is 4.41. The fourth-order valence-corrected chi connectivity index (χ4v) is 4.02. The fourth-order valence-electron chi connectivity index (χ4n) is 4.02. The van der Waals surface area contributed by atoms with Crippen LogP contribution in [0.4, 0.5) is 5.69 Å². The van der Waals surface area contributed by atoms with Crippen LogP contribution in [0, 0.1) is 5.92 Å². The second-order valence-electron chi connectivity index (χ2n) is 7.29. The summed E-state index contributed by atoms with van der Waals surface area (Å²) in [6.07, 6.45) is 3.14. The van der Waals surface area contributed by atoms with Crippen molar-refractivity contribution < 1.29 is 4.79 Å². The van der Waals surface area contributed by atoms with Crippen molar-refractivity contribution in [2.45, 2.75) is 6.42 Å². The molecule has 0 radical (unpaired) electrons. The van der Waals surface area contributed by atoms with E-state index in [0.29, 0.717) is 5.92 Å². The number of fused-ring (bicyclic) bond motifs is 1. The minimum Gasteiger partial charge on any atom is -0.371 e. The summed E-state index contributed by atoms with van der Waals surface area (Å²) >= 11 is 0. The zero-order chi connectivity index (χ0) is 18.1. The Morgan fingerprint density at radius 1 is 1.12 bits per heavy atom. The third-order valence-corrected chi connectivity index (χ3v) is 5.44. The Hall–Kier alpha value is -2.75. The third-order valence-electron chi connectivity index (χ3n) is 5.44. The van der Waals surface area contributed by atoms with E-state index in [1.54, 1.807) is 0 Å². The second kappa shape index (κ2) is 6.87. The van der Waals surface area contributed by atoms with Gasteiger partial charge in [-0.25, -0.2) is 0 Å². The van der Waals surface area contributed by atoms with Crippen molar-refractivity contribution in [3.05, 3.63) is 66.4 Å². The SMILES string of the molecule is CN(CC1CCN(c2ccccc2)C1)C(=O)c1cccc2c1ccn2C. The number of nitrogens with zero attached hydrogens (tertiary/aromatic N) is 3. The average molecular weight is 347 g/mol. The molecule has 2 aromatic carbocycles. The molecule has 1 unspecified atom stereocenters. The molecular formula is C22H25N3O. The largest absolute Gasteiger partial charge is 0.371 e. The number of aryl methyl sites for hydroxylation is 1. The van der Waals surface area contributed by atoms with Crippen LogP contribution in [0.3, 0.4) is 0 Å². The average Bonchev–Trinajstić information content (AvgIpc) is 3.29. The summed E-state index contributed by atoms with van der Waals surface area (Å²) in [7, 11) is 3.94. The molecule has 1 aliphatic rings. The van der Waals surface area contributed by atoms with Gasteiger partial charge in [-0.1, -0.05) is 24.3 Å². The molecule has 3 aromatic rings. The quantitative estimate of drug-likeness (QED) is 0.719. The highest BCUT2D eigenvalue weighted by Crippen LogP contribution is 2.25. The van der Waals surface area contributed by atoms with Gasteiger partial charge >= 0.3 is 0 Å². The first kappa shape index (κ1) is 16.7. The van der Waals surface area contributed by atoms with E-state index >= 15 is 0 Å². The van der Waals surface area contributed by atoms with E-state index in [1.807, 2.05) is 49.5 Å². The highest BCUT2D eigenvalue weighted by Gasteiger charge is 2.26. The number of carbonyl (C=O) groups is 1. The molecule has 1 fully saturated rings. The molecule has 1 amide bonds. The molecule has 1 aromatic heterocycles. The molecule has 4 heteroatoms. The lowest BCUT2D eigenvalue weighted by molar-refractivity contribution is 0.0778. The molecule has 4 rings (SSSR count). The van der Waals surface area contributed by atoms with Crippen molar-refractivity contribution in [2.24, 2.45) is 13.0 Å². The van der Waals surface area contributed by atoms with Crippen LogP contribution in [0.15, 0.2) is 60.8 Å². The van der Waals surface area contributed by atoms with Crippen LogP contribution < -0.4 is 4.90 Å². The first-order chi connectivity index (χ1) is 12.6. The van der Waals surface area contributed by atoms with Gasteiger partial charge in [0.05, 0.1) is 0 Å². The number of hydrogen-bond donors (Lipinski definition) is 0. The summed E-state index contributed by atoms with van der Waals surface area (Å²) in [4.78, 5) is 17.3. The van der Waals surface area contributed by atoms with Crippen LogP contribution in [0.25, 0.3) is 10.9 Å². The van der Waals surface area contributed by atoms with Crippen LogP contribution in [-0.2, 0) is 7.05 Å². The van der Waals surface area contributed by atoms with Gasteiger partial charge < -0.3 is 14.4 Å². The summed E-state index contributed by atoms with van der Waals surface area (Å²) < 4.78 is 2.06. The van der Waals surface area contributed by atoms with E-state index in [4.69, 9.17) is 0 Å². The van der Waals surface area contributed by atoms with Crippen molar-refractivity contribution in [2.75, 3.05) is 31.6 Å². The molecule has 0 N–H and O–H groups in total. The molecule has 4 nitrogen and oxygen atoms in total. The normalized spacial score (nSPS) is 17.0. The molecule has 1 atom stereocenters. The van der Waals surface area contributed by atoms with E-state index in [1.165, 1.54) is 5.69 Å². The Labute approximate surface area is 154 Å². The van der Waals surface area contributed by atoms with Crippen molar-refractivity contribution in [1.82, 2.24) is 9.47 Å². The van der Waals surface area contributed by atoms with Crippen LogP contribution in [-0.4, -0.2) is 42.1 Å². The van der Waals surface area contributed by atoms with Crippen LogP contribution >= 0.6 is 0 Å². The first-order valence-corrected chi connectivity index (χ1v) is 9.23. The van der Waals surface area contributed by atoms with Gasteiger partial charge in [0.25, 0.3) is 5.91 Å². The number of para-hydroxylation sites is 1. The van der Waals surface area contributed by atoms with E-state index in [-0.39, 0.29) is 5.91 Å². The van der Waals surface area contributed by atoms with Gasteiger partial charge in [-0.05, 0) is 42.7 Å². The second-order valence-corrected chi connectivity index (χ2v) is 7.29. The van der Waals surface area contributed by atoms with Gasteiger partial charge in [0.2, 0.25) is 0 Å². The van der Waals surface area contributed by atoms with Gasteiger partial charge in [-0.15, -0.1) is 0 Å². The molecule has 2 heterocycles. The molecule has 26 heavy (non-hydrogen) atoms. The lowest BCUT2D eigenvalue weighted by atomic mass is 10.1. The zero-order valence-corrected chi connectivity index (χ0v) is 15.4. The highest BCUT2D eigenvalue weighted by atomic mass is 16.2. The maximum atomic E-state index is 13.0. The van der Waals surface area contributed by atoms with Crippen molar-refractivity contribution >= 4 is 22.5 Å². The molecule has 0 saturated carbocycles. The van der Waals surface area contributed by atoms with Gasteiger partial charge in [-0.2, -0.15) is 0 Å². The molecule has 0 bridgehead atoms. The minimum atomic E-state index is 0.111. The highest BCUT2D eigenvalue weighted by molar-refractivity contribution is 6.06. The lowest BCUT2D eigenvalue weighted by Crippen LogP contribution is -2.33. The molecule has 0 aliphatic carbocycles. The monoisotopic (exact) mass is 347 g/mol. The molecular weight excluding hydrogens is 322 g/mol. The standard InChI is InChI=1S/C22H25N3O/c1-23-13-12-19-20(9-6-10-21(19)23)22(26)24(2)15-17-11-14-25(16-17)18-7-4-3-5-8-18/h3-10,12-13,17H,11,14-16H2,1-2H3. The van der Waals surface area contributed by atoms with Crippen molar-refractivity contribution in [3.63, 3.8) is 0 Å². The number of rotatable bonds is 4. The number of amides is 1. The van der Waals surface area contributed by atoms with Gasteiger partial charge in [0.15, 0.2) is 0 Å². The number of hydrogen-bond acceptors (Lipinski definition) is 2. The lowest BCUT2D eigenvalue weighted by Gasteiger charge is -2.23. The molecule has 1 saturated heterocycles. The molecule has 0 spiro atoms. The Bertz CT molecular complexity index is 916. The van der Waals surface area contributed by atoms with Crippen LogP contribution in [0.5, 0.6) is 0 Å². The van der Waals surface area contributed by atoms with E-state index in [2.05, 4.69) is 39.8 Å². The number of carbonyl (C=O) groups excluding carboxylic acids is 1. The Morgan fingerprint density at radius 3 is 2.73 bits per heavy atom. The van der Waals surface area contributed by atoms with Gasteiger partial charge in [0.1, 0.15) is 0 Å². The van der Waals surface area contributed by atoms with E-state index in [9.17, 15) is 4.79 Å². The minimum absolute atomic E-state index is 0.111. The number of benzene rings is 2. The maximum absolute atomic E-state index is 13.0. The van der Waals surface area contributed by atoms with Crippen molar-refractivity contribution in [3.8, 4) is 0 Å². The van der Waals surface area contributed by atoms with Crippen LogP contribution in [0.1, 0.15) is 16.8 Å². The predicted molar refractivity (Wildman–Crippen MR) is 107 cm³/mol. The van der Waals surface area contributed by atoms with E-state index in [0.717, 1.165) is 42.5 Å². The Morgan fingerprint density at radius 2 is 1.92 bits per heavy atom. The smallest absolute Gasteiger partial charge is 0.254 e. The first-order valence-electron chi connectivity index (χ1n) is 9.23. The topological polar surface area (TPSA) is 28.5 Å². The zero-order valence-electron chi connectivity index (χ0n) is 15.4. The Balaban J connectivity index is 1.45. The fraction of sp³-hybridized carbons (Fsp3) is 0.318. The summed E-state index contributed by atoms with van der Waals surface area (Å²) in [5, 5.41) is 1.03. The number of aromatic nitrogens is 1. The maximum Gasteiger partial charge on any atom is 0.254 e. The van der Waals surface area contributed by atoms with Crippen molar-refractivity contribution in [1.29, 1.82) is 0 Å². The number of anilines is 1. The molecule has 134 valence electrons. The molecule has 1 aliphatic heterocycles. The summed E-state index contributed by atoms with van der Waals surface area (Å²) in [6, 6.07) is 18.5. The van der Waals surface area contributed by atoms with Crippen LogP contribution in [0.2, 0.25) is 0 Å². The summed E-state index contributed by atoms with van der Waals surface area (Å²) in [5.74, 6) is 0.624.